The van der Waals surface area contributed by atoms with Crippen LogP contribution in [-0.2, 0) is 0 Å². The molecule has 0 amide bonds. The molecule has 0 aliphatic heterocycles. The van der Waals surface area contributed by atoms with Gasteiger partial charge in [-0.25, -0.2) is 0 Å². The number of anilines is 3. The van der Waals surface area contributed by atoms with Gasteiger partial charge in [-0.1, -0.05) is 43.9 Å². The van der Waals surface area contributed by atoms with E-state index in [1.54, 1.807) is 0 Å². The maximum Gasteiger partial charge on any atom is 0.119 e. The van der Waals surface area contributed by atoms with Crippen molar-refractivity contribution in [1.82, 2.24) is 4.98 Å². The van der Waals surface area contributed by atoms with E-state index in [1.807, 2.05) is 19.2 Å². The minimum atomic E-state index is 0.781. The van der Waals surface area contributed by atoms with Crippen LogP contribution >= 0.6 is 0 Å². The molecule has 0 saturated heterocycles. The number of rotatable bonds is 9. The largest absolute Gasteiger partial charge is 0.494 e. The van der Waals surface area contributed by atoms with E-state index in [9.17, 15) is 0 Å². The van der Waals surface area contributed by atoms with Crippen molar-refractivity contribution >= 4 is 17.1 Å². The van der Waals surface area contributed by atoms with Crippen molar-refractivity contribution in [1.29, 1.82) is 0 Å². The van der Waals surface area contributed by atoms with Gasteiger partial charge in [-0.15, -0.1) is 0 Å². The standard InChI is InChI=1S/C25H30N2O/c1-4-5-6-7-18-28-25-16-14-23(15-17-25)27(22-11-8-20(2)9-12-22)24-13-10-21(3)26-19-24/h8-17,19H,4-7,18H2,1-3H3. The topological polar surface area (TPSA) is 25.4 Å². The molecule has 1 aromatic heterocycles. The zero-order valence-corrected chi connectivity index (χ0v) is 17.2. The van der Waals surface area contributed by atoms with Crippen molar-refractivity contribution < 1.29 is 4.74 Å². The van der Waals surface area contributed by atoms with E-state index in [2.05, 4.69) is 78.3 Å². The molecule has 0 aliphatic rings. The van der Waals surface area contributed by atoms with E-state index in [-0.39, 0.29) is 0 Å². The lowest BCUT2D eigenvalue weighted by molar-refractivity contribution is 0.305. The lowest BCUT2D eigenvalue weighted by Gasteiger charge is -2.25. The summed E-state index contributed by atoms with van der Waals surface area (Å²) >= 11 is 0. The van der Waals surface area contributed by atoms with Gasteiger partial charge in [0.25, 0.3) is 0 Å². The van der Waals surface area contributed by atoms with Gasteiger partial charge in [0.1, 0.15) is 5.75 Å². The fourth-order valence-electron chi connectivity index (χ4n) is 3.14. The van der Waals surface area contributed by atoms with Crippen molar-refractivity contribution in [2.45, 2.75) is 46.5 Å². The number of benzene rings is 2. The number of hydrogen-bond donors (Lipinski definition) is 0. The molecular formula is C25H30N2O. The van der Waals surface area contributed by atoms with E-state index in [0.717, 1.165) is 41.5 Å². The second-order valence-corrected chi connectivity index (χ2v) is 7.23. The van der Waals surface area contributed by atoms with Crippen molar-refractivity contribution in [2.75, 3.05) is 11.5 Å². The number of hydrogen-bond acceptors (Lipinski definition) is 3. The van der Waals surface area contributed by atoms with E-state index in [0.29, 0.717) is 0 Å². The van der Waals surface area contributed by atoms with E-state index < -0.39 is 0 Å². The first-order valence-electron chi connectivity index (χ1n) is 10.2. The van der Waals surface area contributed by atoms with Crippen LogP contribution in [0, 0.1) is 13.8 Å². The molecule has 3 aromatic rings. The Labute approximate surface area is 169 Å². The molecule has 0 fully saturated rings. The highest BCUT2D eigenvalue weighted by Crippen LogP contribution is 2.35. The van der Waals surface area contributed by atoms with Gasteiger partial charge in [-0.2, -0.15) is 0 Å². The van der Waals surface area contributed by atoms with E-state index in [4.69, 9.17) is 4.74 Å². The average molecular weight is 375 g/mol. The summed E-state index contributed by atoms with van der Waals surface area (Å²) in [6.45, 7) is 7.12. The summed E-state index contributed by atoms with van der Waals surface area (Å²) in [7, 11) is 0. The number of unbranched alkanes of at least 4 members (excludes halogenated alkanes) is 3. The predicted octanol–water partition coefficient (Wildman–Crippen LogP) is 7.13. The first-order chi connectivity index (χ1) is 13.7. The summed E-state index contributed by atoms with van der Waals surface area (Å²) in [5.41, 5.74) is 5.51. The van der Waals surface area contributed by atoms with Crippen molar-refractivity contribution in [3.8, 4) is 5.75 Å². The molecule has 0 atom stereocenters. The van der Waals surface area contributed by atoms with Crippen LogP contribution in [-0.4, -0.2) is 11.6 Å². The monoisotopic (exact) mass is 374 g/mol. The molecular weight excluding hydrogens is 344 g/mol. The smallest absolute Gasteiger partial charge is 0.119 e. The summed E-state index contributed by atoms with van der Waals surface area (Å²) in [6, 6.07) is 21.1. The third kappa shape index (κ3) is 5.35. The number of aryl methyl sites for hydroxylation is 2. The Balaban J connectivity index is 1.80. The molecule has 0 spiro atoms. The normalized spacial score (nSPS) is 10.7. The summed E-state index contributed by atoms with van der Waals surface area (Å²) < 4.78 is 5.90. The summed E-state index contributed by atoms with van der Waals surface area (Å²) in [4.78, 5) is 6.70. The average Bonchev–Trinajstić information content (AvgIpc) is 2.72. The van der Waals surface area contributed by atoms with Crippen molar-refractivity contribution in [2.24, 2.45) is 0 Å². The lowest BCUT2D eigenvalue weighted by Crippen LogP contribution is -2.10. The molecule has 3 nitrogen and oxygen atoms in total. The fraction of sp³-hybridized carbons (Fsp3) is 0.320. The maximum atomic E-state index is 5.90. The Morgan fingerprint density at radius 2 is 1.39 bits per heavy atom. The molecule has 146 valence electrons. The van der Waals surface area contributed by atoms with Gasteiger partial charge in [-0.05, 0) is 68.8 Å². The Bertz CT molecular complexity index is 794. The molecule has 0 radical (unpaired) electrons. The van der Waals surface area contributed by atoms with Gasteiger partial charge in [0.2, 0.25) is 0 Å². The Kier molecular flexibility index (Phi) is 7.07. The molecule has 3 heteroatoms. The van der Waals surface area contributed by atoms with Crippen LogP contribution in [0.4, 0.5) is 17.1 Å². The maximum absolute atomic E-state index is 5.90. The minimum absolute atomic E-state index is 0.781. The Morgan fingerprint density at radius 3 is 2.00 bits per heavy atom. The highest BCUT2D eigenvalue weighted by Gasteiger charge is 2.12. The predicted molar refractivity (Wildman–Crippen MR) is 118 cm³/mol. The van der Waals surface area contributed by atoms with Crippen LogP contribution in [0.25, 0.3) is 0 Å². The second kappa shape index (κ2) is 9.93. The van der Waals surface area contributed by atoms with Gasteiger partial charge in [-0.3, -0.25) is 4.98 Å². The van der Waals surface area contributed by atoms with Gasteiger partial charge in [0, 0.05) is 17.1 Å². The third-order valence-corrected chi connectivity index (χ3v) is 4.81. The number of ether oxygens (including phenoxy) is 1. The molecule has 0 unspecified atom stereocenters. The third-order valence-electron chi connectivity index (χ3n) is 4.81. The lowest BCUT2D eigenvalue weighted by atomic mass is 10.1. The van der Waals surface area contributed by atoms with Crippen molar-refractivity contribution in [3.63, 3.8) is 0 Å². The molecule has 28 heavy (non-hydrogen) atoms. The van der Waals surface area contributed by atoms with Crippen LogP contribution in [0.5, 0.6) is 5.75 Å². The summed E-state index contributed by atoms with van der Waals surface area (Å²) in [5.74, 6) is 0.922. The van der Waals surface area contributed by atoms with E-state index in [1.165, 1.54) is 24.8 Å². The Hall–Kier alpha value is -2.81. The fourth-order valence-corrected chi connectivity index (χ4v) is 3.14. The van der Waals surface area contributed by atoms with Crippen LogP contribution in [0.15, 0.2) is 66.9 Å². The molecule has 0 aliphatic carbocycles. The zero-order valence-electron chi connectivity index (χ0n) is 17.2. The Morgan fingerprint density at radius 1 is 0.750 bits per heavy atom. The molecule has 1 heterocycles. The number of aromatic nitrogens is 1. The molecule has 0 bridgehead atoms. The van der Waals surface area contributed by atoms with Crippen molar-refractivity contribution in [3.05, 3.63) is 78.1 Å². The minimum Gasteiger partial charge on any atom is -0.494 e. The van der Waals surface area contributed by atoms with Crippen LogP contribution < -0.4 is 9.64 Å². The highest BCUT2D eigenvalue weighted by atomic mass is 16.5. The van der Waals surface area contributed by atoms with Gasteiger partial charge in [0.05, 0.1) is 18.5 Å². The first kappa shape index (κ1) is 19.9. The quantitative estimate of drug-likeness (QED) is 0.373. The van der Waals surface area contributed by atoms with Crippen LogP contribution in [0.3, 0.4) is 0 Å². The number of pyridine rings is 1. The summed E-state index contributed by atoms with van der Waals surface area (Å²) in [6.07, 6.45) is 6.79. The van der Waals surface area contributed by atoms with Gasteiger partial charge in [0.15, 0.2) is 0 Å². The molecule has 0 saturated carbocycles. The SMILES string of the molecule is CCCCCCOc1ccc(N(c2ccc(C)cc2)c2ccc(C)nc2)cc1. The molecule has 0 N–H and O–H groups in total. The van der Waals surface area contributed by atoms with Crippen LogP contribution in [0.1, 0.15) is 43.9 Å². The number of nitrogens with zero attached hydrogens (tertiary/aromatic N) is 2. The zero-order chi connectivity index (χ0) is 19.8. The molecule has 2 aromatic carbocycles. The molecule has 3 rings (SSSR count). The summed E-state index contributed by atoms with van der Waals surface area (Å²) in [5, 5.41) is 0. The van der Waals surface area contributed by atoms with Gasteiger partial charge < -0.3 is 9.64 Å². The van der Waals surface area contributed by atoms with Crippen LogP contribution in [0.2, 0.25) is 0 Å². The second-order valence-electron chi connectivity index (χ2n) is 7.23. The highest BCUT2D eigenvalue weighted by molar-refractivity contribution is 5.76. The first-order valence-corrected chi connectivity index (χ1v) is 10.2. The van der Waals surface area contributed by atoms with Gasteiger partial charge >= 0.3 is 0 Å². The van der Waals surface area contributed by atoms with E-state index >= 15 is 0 Å².